The smallest absolute Gasteiger partial charge is 0.241 e. The van der Waals surface area contributed by atoms with Gasteiger partial charge in [-0.2, -0.15) is 10.2 Å². The number of hydrogen-bond donors (Lipinski definition) is 1. The van der Waals surface area contributed by atoms with E-state index >= 15 is 0 Å². The van der Waals surface area contributed by atoms with Crippen LogP contribution in [0.5, 0.6) is 0 Å². The fourth-order valence-electron chi connectivity index (χ4n) is 3.54. The van der Waals surface area contributed by atoms with Crippen molar-refractivity contribution < 1.29 is 9.18 Å². The molecule has 0 unspecified atom stereocenters. The molecule has 0 aliphatic carbocycles. The van der Waals surface area contributed by atoms with Crippen LogP contribution in [0.4, 0.5) is 4.39 Å². The molecule has 0 atom stereocenters. The molecule has 0 spiro atoms. The number of aromatic nitrogens is 5. The van der Waals surface area contributed by atoms with Gasteiger partial charge in [0.15, 0.2) is 5.65 Å². The van der Waals surface area contributed by atoms with Gasteiger partial charge in [0.2, 0.25) is 5.91 Å². The molecule has 4 rings (SSSR count). The first-order chi connectivity index (χ1) is 14.5. The Morgan fingerprint density at radius 1 is 1.07 bits per heavy atom. The molecule has 1 aromatic carbocycles. The molecule has 154 valence electrons. The van der Waals surface area contributed by atoms with E-state index in [2.05, 4.69) is 20.5 Å². The van der Waals surface area contributed by atoms with Gasteiger partial charge in [-0.15, -0.1) is 0 Å². The van der Waals surface area contributed by atoms with E-state index in [0.717, 1.165) is 40.9 Å². The molecule has 3 aromatic heterocycles. The van der Waals surface area contributed by atoms with Crippen LogP contribution in [0.1, 0.15) is 17.8 Å². The molecule has 30 heavy (non-hydrogen) atoms. The average molecular weight is 406 g/mol. The highest BCUT2D eigenvalue weighted by molar-refractivity contribution is 5.95. The molecule has 1 N–H and O–H groups in total. The fourth-order valence-corrected chi connectivity index (χ4v) is 3.54. The Morgan fingerprint density at radius 2 is 1.87 bits per heavy atom. The predicted octanol–water partition coefficient (Wildman–Crippen LogP) is 3.26. The van der Waals surface area contributed by atoms with Gasteiger partial charge in [0.05, 0.1) is 5.69 Å². The normalized spacial score (nSPS) is 11.2. The molecular formula is C22H23FN6O. The van der Waals surface area contributed by atoms with E-state index in [9.17, 15) is 9.18 Å². The first-order valence-electron chi connectivity index (χ1n) is 9.86. The number of rotatable bonds is 7. The van der Waals surface area contributed by atoms with E-state index in [0.29, 0.717) is 12.2 Å². The van der Waals surface area contributed by atoms with E-state index in [1.54, 1.807) is 29.2 Å². The van der Waals surface area contributed by atoms with E-state index in [-0.39, 0.29) is 18.3 Å². The third kappa shape index (κ3) is 4.07. The first kappa shape index (κ1) is 19.8. The number of fused-ring (bicyclic) bond motifs is 1. The van der Waals surface area contributed by atoms with Crippen molar-refractivity contribution >= 4 is 16.9 Å². The molecule has 0 saturated carbocycles. The molecule has 0 radical (unpaired) electrons. The number of pyridine rings is 1. The highest BCUT2D eigenvalue weighted by atomic mass is 19.1. The maximum Gasteiger partial charge on any atom is 0.241 e. The third-order valence-corrected chi connectivity index (χ3v) is 5.05. The number of amides is 1. The maximum absolute atomic E-state index is 13.3. The van der Waals surface area contributed by atoms with Gasteiger partial charge in [0.1, 0.15) is 12.4 Å². The minimum atomic E-state index is -0.282. The molecule has 0 fully saturated rings. The number of carbonyl (C=O) groups excluding carboxylic acids is 1. The quantitative estimate of drug-likeness (QED) is 0.478. The zero-order chi connectivity index (χ0) is 21.1. The molecular weight excluding hydrogens is 383 g/mol. The average Bonchev–Trinajstić information content (AvgIpc) is 3.29. The van der Waals surface area contributed by atoms with E-state index in [1.165, 1.54) is 12.1 Å². The van der Waals surface area contributed by atoms with Crippen LogP contribution < -0.4 is 5.32 Å². The molecule has 0 saturated heterocycles. The highest BCUT2D eigenvalue weighted by Crippen LogP contribution is 2.29. The summed E-state index contributed by atoms with van der Waals surface area (Å²) in [5, 5.41) is 12.6. The van der Waals surface area contributed by atoms with Gasteiger partial charge in [-0.1, -0.05) is 12.1 Å². The predicted molar refractivity (Wildman–Crippen MR) is 112 cm³/mol. The number of halogens is 1. The van der Waals surface area contributed by atoms with Gasteiger partial charge < -0.3 is 5.32 Å². The number of nitrogens with zero attached hydrogens (tertiary/aromatic N) is 5. The van der Waals surface area contributed by atoms with Crippen LogP contribution in [-0.2, 0) is 17.9 Å². The zero-order valence-electron chi connectivity index (χ0n) is 17.0. The Hall–Kier alpha value is -3.55. The van der Waals surface area contributed by atoms with Crippen LogP contribution >= 0.6 is 0 Å². The van der Waals surface area contributed by atoms with Gasteiger partial charge in [0, 0.05) is 36.6 Å². The molecule has 4 aromatic rings. The van der Waals surface area contributed by atoms with Crippen molar-refractivity contribution in [3.63, 3.8) is 0 Å². The Kier molecular flexibility index (Phi) is 5.56. The topological polar surface area (TPSA) is 77.6 Å². The van der Waals surface area contributed by atoms with Crippen molar-refractivity contribution in [2.45, 2.75) is 33.4 Å². The number of aryl methyl sites for hydroxylation is 3. The lowest BCUT2D eigenvalue weighted by atomic mass is 10.0. The summed E-state index contributed by atoms with van der Waals surface area (Å²) in [4.78, 5) is 16.9. The summed E-state index contributed by atoms with van der Waals surface area (Å²) in [5.74, 6) is -0.401. The monoisotopic (exact) mass is 406 g/mol. The van der Waals surface area contributed by atoms with Crippen molar-refractivity contribution in [2.24, 2.45) is 0 Å². The molecule has 0 aliphatic rings. The summed E-state index contributed by atoms with van der Waals surface area (Å²) in [5.41, 5.74) is 4.31. The van der Waals surface area contributed by atoms with Gasteiger partial charge in [-0.05, 0) is 55.7 Å². The summed E-state index contributed by atoms with van der Waals surface area (Å²) in [7, 11) is 0. The van der Waals surface area contributed by atoms with Crippen LogP contribution in [0, 0.1) is 19.7 Å². The van der Waals surface area contributed by atoms with Gasteiger partial charge in [-0.3, -0.25) is 9.48 Å². The van der Waals surface area contributed by atoms with Crippen molar-refractivity contribution in [2.75, 3.05) is 6.54 Å². The summed E-state index contributed by atoms with van der Waals surface area (Å²) in [6.07, 6.45) is 4.25. The summed E-state index contributed by atoms with van der Waals surface area (Å²) < 4.78 is 16.8. The van der Waals surface area contributed by atoms with E-state index < -0.39 is 0 Å². The lowest BCUT2D eigenvalue weighted by molar-refractivity contribution is -0.121. The number of benzene rings is 1. The Balaban J connectivity index is 1.45. The van der Waals surface area contributed by atoms with Crippen molar-refractivity contribution in [1.82, 2.24) is 29.9 Å². The second kappa shape index (κ2) is 8.44. The largest absolute Gasteiger partial charge is 0.354 e. The van der Waals surface area contributed by atoms with Crippen molar-refractivity contribution in [1.29, 1.82) is 0 Å². The summed E-state index contributed by atoms with van der Waals surface area (Å²) >= 11 is 0. The van der Waals surface area contributed by atoms with Crippen LogP contribution in [-0.4, -0.2) is 37.0 Å². The first-order valence-corrected chi connectivity index (χ1v) is 9.86. The number of hydrogen-bond acceptors (Lipinski definition) is 4. The van der Waals surface area contributed by atoms with Crippen LogP contribution in [0.25, 0.3) is 22.2 Å². The zero-order valence-corrected chi connectivity index (χ0v) is 17.0. The molecule has 0 aliphatic heterocycles. The standard InChI is InChI=1S/C22H23FN6O/c1-15-8-12-26-28(15)13-3-10-24-20(30)14-29-22-21(16(2)27-29)19(9-11-25-22)17-4-6-18(23)7-5-17/h4-9,11-12H,3,10,13-14H2,1-2H3,(H,24,30). The SMILES string of the molecule is Cc1nn(CC(=O)NCCCn2nccc2C)c2nccc(-c3ccc(F)cc3)c12. The minimum absolute atomic E-state index is 0.0883. The van der Waals surface area contributed by atoms with Crippen molar-refractivity contribution in [3.8, 4) is 11.1 Å². The molecule has 8 heteroatoms. The summed E-state index contributed by atoms with van der Waals surface area (Å²) in [6, 6.07) is 10.2. The number of carbonyl (C=O) groups is 1. The molecule has 7 nitrogen and oxygen atoms in total. The van der Waals surface area contributed by atoms with Gasteiger partial charge >= 0.3 is 0 Å². The lowest BCUT2D eigenvalue weighted by Crippen LogP contribution is -2.29. The minimum Gasteiger partial charge on any atom is -0.354 e. The second-order valence-electron chi connectivity index (χ2n) is 7.21. The van der Waals surface area contributed by atoms with E-state index in [4.69, 9.17) is 0 Å². The fraction of sp³-hybridized carbons (Fsp3) is 0.273. The highest BCUT2D eigenvalue weighted by Gasteiger charge is 2.16. The lowest BCUT2D eigenvalue weighted by Gasteiger charge is -2.08. The second-order valence-corrected chi connectivity index (χ2v) is 7.21. The molecule has 1 amide bonds. The Labute approximate surface area is 173 Å². The Morgan fingerprint density at radius 3 is 2.60 bits per heavy atom. The van der Waals surface area contributed by atoms with E-state index in [1.807, 2.05) is 30.7 Å². The van der Waals surface area contributed by atoms with Crippen molar-refractivity contribution in [3.05, 3.63) is 66.0 Å². The summed E-state index contributed by atoms with van der Waals surface area (Å²) in [6.45, 7) is 5.29. The number of nitrogens with one attached hydrogen (secondary N) is 1. The maximum atomic E-state index is 13.3. The Bertz CT molecular complexity index is 1180. The third-order valence-electron chi connectivity index (χ3n) is 5.05. The van der Waals surface area contributed by atoms with Gasteiger partial charge in [0.25, 0.3) is 0 Å². The molecule has 0 bridgehead atoms. The van der Waals surface area contributed by atoms with Crippen LogP contribution in [0.15, 0.2) is 48.8 Å². The van der Waals surface area contributed by atoms with Crippen LogP contribution in [0.3, 0.4) is 0 Å². The van der Waals surface area contributed by atoms with Crippen LogP contribution in [0.2, 0.25) is 0 Å². The van der Waals surface area contributed by atoms with Gasteiger partial charge in [-0.25, -0.2) is 14.1 Å². The molecule has 3 heterocycles.